The molecule has 31 heavy (non-hydrogen) atoms. The molecule has 0 radical (unpaired) electrons. The van der Waals surface area contributed by atoms with Gasteiger partial charge in [0.2, 0.25) is 0 Å². The van der Waals surface area contributed by atoms with Gasteiger partial charge in [0.25, 0.3) is 0 Å². The highest BCUT2D eigenvalue weighted by Gasteiger charge is 2.33. The Bertz CT molecular complexity index is 757. The van der Waals surface area contributed by atoms with Crippen molar-refractivity contribution in [2.75, 3.05) is 32.8 Å². The second kappa shape index (κ2) is 15.4. The highest BCUT2D eigenvalue weighted by molar-refractivity contribution is 14.0. The van der Waals surface area contributed by atoms with Gasteiger partial charge < -0.3 is 15.4 Å². The number of halogens is 4. The third kappa shape index (κ3) is 11.7. The number of thiazole rings is 1. The molecular formula is C21H30F3IN4OS. The first-order chi connectivity index (χ1) is 14.5. The summed E-state index contributed by atoms with van der Waals surface area (Å²) in [5.41, 5.74) is 0.449. The molecule has 0 spiro atoms. The Balaban J connectivity index is 0.00000480. The lowest BCUT2D eigenvalue weighted by Gasteiger charge is -2.10. The van der Waals surface area contributed by atoms with Crippen molar-refractivity contribution >= 4 is 41.3 Å². The number of unbranched alkanes of at least 4 members (excludes halogenated alkanes) is 1. The molecule has 2 rings (SSSR count). The van der Waals surface area contributed by atoms with Crippen LogP contribution < -0.4 is 10.6 Å². The van der Waals surface area contributed by atoms with Crippen LogP contribution in [-0.2, 0) is 23.8 Å². The minimum absolute atomic E-state index is 0. The molecule has 0 amide bonds. The molecule has 0 aliphatic heterocycles. The summed E-state index contributed by atoms with van der Waals surface area (Å²) in [6.07, 6.45) is -1.22. The van der Waals surface area contributed by atoms with Crippen molar-refractivity contribution in [3.63, 3.8) is 0 Å². The molecule has 0 aliphatic rings. The molecule has 1 heterocycles. The van der Waals surface area contributed by atoms with Gasteiger partial charge in [-0.2, -0.15) is 13.2 Å². The summed E-state index contributed by atoms with van der Waals surface area (Å²) >= 11 is 1.03. The maximum absolute atomic E-state index is 12.6. The molecule has 2 N–H and O–H groups in total. The van der Waals surface area contributed by atoms with Gasteiger partial charge in [-0.3, -0.25) is 4.99 Å². The summed E-state index contributed by atoms with van der Waals surface area (Å²) in [6.45, 7) is 5.23. The molecule has 10 heteroatoms. The Kier molecular flexibility index (Phi) is 13.7. The number of nitrogens with zero attached hydrogens (tertiary/aromatic N) is 2. The molecule has 0 saturated carbocycles. The number of aromatic nitrogens is 1. The summed E-state index contributed by atoms with van der Waals surface area (Å²) < 4.78 is 43.4. The monoisotopic (exact) mass is 570 g/mol. The Morgan fingerprint density at radius 2 is 1.87 bits per heavy atom. The van der Waals surface area contributed by atoms with Crippen LogP contribution in [0.5, 0.6) is 0 Å². The second-order valence-electron chi connectivity index (χ2n) is 6.62. The van der Waals surface area contributed by atoms with E-state index in [1.54, 1.807) is 0 Å². The Morgan fingerprint density at radius 1 is 1.10 bits per heavy atom. The molecule has 1 aromatic carbocycles. The lowest BCUT2D eigenvalue weighted by atomic mass is 10.2. The van der Waals surface area contributed by atoms with Crippen LogP contribution in [0.3, 0.4) is 0 Å². The van der Waals surface area contributed by atoms with Gasteiger partial charge in [0.1, 0.15) is 0 Å². The number of alkyl halides is 3. The Labute approximate surface area is 202 Å². The van der Waals surface area contributed by atoms with E-state index in [1.807, 2.05) is 25.1 Å². The lowest BCUT2D eigenvalue weighted by Crippen LogP contribution is -2.38. The van der Waals surface area contributed by atoms with E-state index in [-0.39, 0.29) is 24.0 Å². The molecule has 1 aromatic heterocycles. The maximum atomic E-state index is 12.6. The van der Waals surface area contributed by atoms with Crippen LogP contribution >= 0.6 is 35.3 Å². The van der Waals surface area contributed by atoms with Gasteiger partial charge in [-0.15, -0.1) is 35.3 Å². The SMILES string of the molecule is CCNC(=NCCCCOCCc1ccccc1)NCCc1nc(C(F)(F)F)cs1.I. The zero-order valence-electron chi connectivity index (χ0n) is 17.6. The van der Waals surface area contributed by atoms with Gasteiger partial charge in [-0.25, -0.2) is 4.98 Å². The predicted octanol–water partition coefficient (Wildman–Crippen LogP) is 4.92. The van der Waals surface area contributed by atoms with E-state index in [4.69, 9.17) is 4.74 Å². The minimum Gasteiger partial charge on any atom is -0.381 e. The van der Waals surface area contributed by atoms with E-state index in [1.165, 1.54) is 5.56 Å². The average Bonchev–Trinajstić information content (AvgIpc) is 3.20. The van der Waals surface area contributed by atoms with Crippen LogP contribution in [0, 0.1) is 0 Å². The topological polar surface area (TPSA) is 58.5 Å². The van der Waals surface area contributed by atoms with Gasteiger partial charge in [0, 0.05) is 38.0 Å². The summed E-state index contributed by atoms with van der Waals surface area (Å²) in [5, 5.41) is 7.79. The summed E-state index contributed by atoms with van der Waals surface area (Å²) in [7, 11) is 0. The molecule has 0 saturated heterocycles. The van der Waals surface area contributed by atoms with Gasteiger partial charge in [0.15, 0.2) is 11.7 Å². The highest BCUT2D eigenvalue weighted by Crippen LogP contribution is 2.29. The molecule has 0 atom stereocenters. The van der Waals surface area contributed by atoms with Crippen LogP contribution in [0.1, 0.15) is 36.0 Å². The van der Waals surface area contributed by atoms with E-state index < -0.39 is 11.9 Å². The summed E-state index contributed by atoms with van der Waals surface area (Å²) in [4.78, 5) is 8.13. The fourth-order valence-electron chi connectivity index (χ4n) is 2.63. The van der Waals surface area contributed by atoms with Crippen molar-refractivity contribution in [2.45, 2.75) is 38.8 Å². The number of guanidine groups is 1. The van der Waals surface area contributed by atoms with Crippen molar-refractivity contribution in [3.8, 4) is 0 Å². The van der Waals surface area contributed by atoms with E-state index in [0.29, 0.717) is 50.2 Å². The molecule has 2 aromatic rings. The first kappa shape index (κ1) is 27.6. The van der Waals surface area contributed by atoms with E-state index >= 15 is 0 Å². The van der Waals surface area contributed by atoms with Crippen molar-refractivity contribution in [1.82, 2.24) is 15.6 Å². The number of hydrogen-bond donors (Lipinski definition) is 2. The number of benzene rings is 1. The van der Waals surface area contributed by atoms with E-state index in [0.717, 1.165) is 36.0 Å². The number of aliphatic imine (C=N–C) groups is 1. The zero-order chi connectivity index (χ0) is 21.7. The van der Waals surface area contributed by atoms with Gasteiger partial charge >= 0.3 is 6.18 Å². The second-order valence-corrected chi connectivity index (χ2v) is 7.56. The van der Waals surface area contributed by atoms with Gasteiger partial charge in [-0.05, 0) is 31.7 Å². The summed E-state index contributed by atoms with van der Waals surface area (Å²) in [5.74, 6) is 0.662. The summed E-state index contributed by atoms with van der Waals surface area (Å²) in [6, 6.07) is 10.2. The molecule has 0 aliphatic carbocycles. The quantitative estimate of drug-likeness (QED) is 0.165. The molecule has 0 unspecified atom stereocenters. The third-order valence-electron chi connectivity index (χ3n) is 4.16. The van der Waals surface area contributed by atoms with Crippen molar-refractivity contribution in [2.24, 2.45) is 4.99 Å². The van der Waals surface area contributed by atoms with Gasteiger partial charge in [0.05, 0.1) is 11.6 Å². The van der Waals surface area contributed by atoms with Crippen LogP contribution in [0.2, 0.25) is 0 Å². The van der Waals surface area contributed by atoms with Crippen LogP contribution in [0.25, 0.3) is 0 Å². The smallest absolute Gasteiger partial charge is 0.381 e. The van der Waals surface area contributed by atoms with E-state index in [2.05, 4.69) is 32.7 Å². The number of hydrogen-bond acceptors (Lipinski definition) is 4. The normalized spacial score (nSPS) is 11.8. The fraction of sp³-hybridized carbons (Fsp3) is 0.524. The third-order valence-corrected chi connectivity index (χ3v) is 5.07. The molecule has 0 bridgehead atoms. The predicted molar refractivity (Wildman–Crippen MR) is 130 cm³/mol. The van der Waals surface area contributed by atoms with Crippen molar-refractivity contribution in [1.29, 1.82) is 0 Å². The molecule has 5 nitrogen and oxygen atoms in total. The highest BCUT2D eigenvalue weighted by atomic mass is 127. The number of rotatable bonds is 12. The largest absolute Gasteiger partial charge is 0.434 e. The fourth-order valence-corrected chi connectivity index (χ4v) is 3.43. The van der Waals surface area contributed by atoms with E-state index in [9.17, 15) is 13.2 Å². The average molecular weight is 570 g/mol. The maximum Gasteiger partial charge on any atom is 0.434 e. The number of nitrogens with one attached hydrogen (secondary N) is 2. The first-order valence-corrected chi connectivity index (χ1v) is 11.0. The van der Waals surface area contributed by atoms with Crippen molar-refractivity contribution in [3.05, 3.63) is 52.0 Å². The van der Waals surface area contributed by atoms with Crippen molar-refractivity contribution < 1.29 is 17.9 Å². The zero-order valence-corrected chi connectivity index (χ0v) is 20.7. The Morgan fingerprint density at radius 3 is 2.55 bits per heavy atom. The minimum atomic E-state index is -4.39. The van der Waals surface area contributed by atoms with Gasteiger partial charge in [-0.1, -0.05) is 30.3 Å². The number of ether oxygens (including phenoxy) is 1. The van der Waals surface area contributed by atoms with Crippen LogP contribution in [-0.4, -0.2) is 43.8 Å². The van der Waals surface area contributed by atoms with Crippen LogP contribution in [0.15, 0.2) is 40.7 Å². The molecule has 0 fully saturated rings. The van der Waals surface area contributed by atoms with Crippen LogP contribution in [0.4, 0.5) is 13.2 Å². The molecular weight excluding hydrogens is 540 g/mol. The first-order valence-electron chi connectivity index (χ1n) is 10.1. The Hall–Kier alpha value is -1.40. The molecule has 174 valence electrons. The standard InChI is InChI=1S/C21H29F3N4OS.HI/c1-2-25-20(27-13-10-19-28-18(16-30-19)21(22,23)24)26-12-6-7-14-29-15-11-17-8-4-3-5-9-17;/h3-5,8-9,16H,2,6-7,10-15H2,1H3,(H2,25,26,27);1H. The lowest BCUT2D eigenvalue weighted by molar-refractivity contribution is -0.140.